The zero-order chi connectivity index (χ0) is 25.2. The van der Waals surface area contributed by atoms with Crippen molar-refractivity contribution in [3.63, 3.8) is 0 Å². The van der Waals surface area contributed by atoms with Crippen molar-refractivity contribution in [2.75, 3.05) is 39.0 Å². The predicted octanol–water partition coefficient (Wildman–Crippen LogP) is 6.66. The molecule has 0 radical (unpaired) electrons. The number of nitrogens with two attached hydrogens (primary N) is 1. The molecule has 192 valence electrons. The van der Waals surface area contributed by atoms with Crippen LogP contribution in [-0.2, 0) is 19.5 Å². The van der Waals surface area contributed by atoms with Gasteiger partial charge in [-0.15, -0.1) is 9.60 Å². The van der Waals surface area contributed by atoms with Crippen LogP contribution in [0.15, 0.2) is 48.5 Å². The van der Waals surface area contributed by atoms with E-state index in [1.165, 1.54) is 69.4 Å². The van der Waals surface area contributed by atoms with E-state index in [0.717, 1.165) is 42.8 Å². The van der Waals surface area contributed by atoms with E-state index in [4.69, 9.17) is 0 Å². The molecule has 0 aliphatic carbocycles. The average Bonchev–Trinajstić information content (AvgIpc) is 2.87. The highest BCUT2D eigenvalue weighted by Crippen LogP contribution is 2.24. The Labute approximate surface area is 208 Å². The van der Waals surface area contributed by atoms with Crippen LogP contribution in [0.5, 0.6) is 0 Å². The summed E-state index contributed by atoms with van der Waals surface area (Å²) >= 11 is 0. The number of likely N-dealkylation sites (tertiary alicyclic amines) is 1. The Morgan fingerprint density at radius 3 is 2.03 bits per heavy atom. The summed E-state index contributed by atoms with van der Waals surface area (Å²) in [7, 11) is 2.96. The molecule has 1 aliphatic rings. The number of anilines is 1. The molecular formula is C29H49FN4. The summed E-state index contributed by atoms with van der Waals surface area (Å²) in [6, 6.07) is 17.4. The van der Waals surface area contributed by atoms with E-state index in [1.54, 1.807) is 0 Å². The fourth-order valence-corrected chi connectivity index (χ4v) is 4.31. The lowest BCUT2D eigenvalue weighted by Gasteiger charge is -2.32. The molecule has 34 heavy (non-hydrogen) atoms. The largest absolute Gasteiger partial charge is 0.385 e. The van der Waals surface area contributed by atoms with Crippen LogP contribution in [0.2, 0.25) is 0 Å². The van der Waals surface area contributed by atoms with Crippen LogP contribution in [-0.4, -0.2) is 43.8 Å². The standard InChI is InChI=1S/C26H38FN3.C2H6.CH5N/c1-3-4-5-16-28-26-12-10-22(11-13-26)19-23-14-17-30(18-15-23)21-25-8-6-24(7-9-25)20-29(2)27;2*1-2/h6-13,23,28H,3-5,14-21H2,1-2H3;1-2H3;2H2,1H3. The second-order valence-corrected chi connectivity index (χ2v) is 8.83. The van der Waals surface area contributed by atoms with Crippen molar-refractivity contribution in [3.8, 4) is 0 Å². The Hall–Kier alpha value is -1.95. The molecule has 2 aromatic rings. The van der Waals surface area contributed by atoms with E-state index in [2.05, 4.69) is 59.3 Å². The number of rotatable bonds is 11. The molecular weight excluding hydrogens is 423 g/mol. The fourth-order valence-electron chi connectivity index (χ4n) is 4.31. The van der Waals surface area contributed by atoms with Gasteiger partial charge in [-0.2, -0.15) is 0 Å². The van der Waals surface area contributed by atoms with E-state index in [1.807, 2.05) is 26.0 Å². The predicted molar refractivity (Wildman–Crippen MR) is 147 cm³/mol. The van der Waals surface area contributed by atoms with Gasteiger partial charge in [-0.05, 0) is 80.6 Å². The summed E-state index contributed by atoms with van der Waals surface area (Å²) in [6.45, 7) is 11.0. The molecule has 2 aromatic carbocycles. The summed E-state index contributed by atoms with van der Waals surface area (Å²) in [5.74, 6) is 0.784. The van der Waals surface area contributed by atoms with Crippen molar-refractivity contribution >= 4 is 5.69 Å². The van der Waals surface area contributed by atoms with Gasteiger partial charge in [0, 0.05) is 25.8 Å². The van der Waals surface area contributed by atoms with Crippen LogP contribution >= 0.6 is 0 Å². The van der Waals surface area contributed by atoms with E-state index in [9.17, 15) is 4.48 Å². The van der Waals surface area contributed by atoms with Gasteiger partial charge >= 0.3 is 0 Å². The van der Waals surface area contributed by atoms with Gasteiger partial charge in [0.15, 0.2) is 0 Å². The Balaban J connectivity index is 0.00000137. The Bertz CT molecular complexity index is 723. The summed E-state index contributed by atoms with van der Waals surface area (Å²) < 4.78 is 13.0. The van der Waals surface area contributed by atoms with Crippen molar-refractivity contribution in [2.45, 2.75) is 72.4 Å². The summed E-state index contributed by atoms with van der Waals surface area (Å²) in [5, 5.41) is 4.24. The molecule has 0 amide bonds. The van der Waals surface area contributed by atoms with Gasteiger partial charge in [-0.25, -0.2) is 0 Å². The highest BCUT2D eigenvalue weighted by Gasteiger charge is 2.19. The van der Waals surface area contributed by atoms with Crippen LogP contribution in [0.25, 0.3) is 0 Å². The third-order valence-electron chi connectivity index (χ3n) is 6.12. The maximum Gasteiger partial charge on any atom is 0.0537 e. The van der Waals surface area contributed by atoms with Gasteiger partial charge in [0.05, 0.1) is 6.54 Å². The fraction of sp³-hybridized carbons (Fsp3) is 0.586. The zero-order valence-corrected chi connectivity index (χ0v) is 22.3. The first-order valence-corrected chi connectivity index (χ1v) is 13.2. The van der Waals surface area contributed by atoms with Crippen LogP contribution in [0.1, 0.15) is 69.6 Å². The number of benzene rings is 2. The van der Waals surface area contributed by atoms with Gasteiger partial charge in [-0.3, -0.25) is 4.90 Å². The van der Waals surface area contributed by atoms with Gasteiger partial charge in [0.2, 0.25) is 0 Å². The van der Waals surface area contributed by atoms with Crippen molar-refractivity contribution in [1.82, 2.24) is 10.0 Å². The number of hydrogen-bond donors (Lipinski definition) is 2. The number of piperidine rings is 1. The number of hydrogen-bond acceptors (Lipinski definition) is 4. The second-order valence-electron chi connectivity index (χ2n) is 8.83. The summed E-state index contributed by atoms with van der Waals surface area (Å²) in [5.41, 5.74) is 9.54. The van der Waals surface area contributed by atoms with Gasteiger partial charge in [0.1, 0.15) is 0 Å². The topological polar surface area (TPSA) is 44.5 Å². The molecule has 0 saturated carbocycles. The molecule has 0 spiro atoms. The molecule has 0 bridgehead atoms. The Morgan fingerprint density at radius 1 is 0.912 bits per heavy atom. The van der Waals surface area contributed by atoms with Crippen LogP contribution < -0.4 is 11.1 Å². The molecule has 0 aromatic heterocycles. The van der Waals surface area contributed by atoms with E-state index < -0.39 is 0 Å². The third-order valence-corrected chi connectivity index (χ3v) is 6.12. The molecule has 3 N–H and O–H groups in total. The normalized spacial score (nSPS) is 14.1. The van der Waals surface area contributed by atoms with Crippen molar-refractivity contribution in [3.05, 3.63) is 65.2 Å². The maximum atomic E-state index is 13.0. The van der Waals surface area contributed by atoms with E-state index in [-0.39, 0.29) is 0 Å². The van der Waals surface area contributed by atoms with E-state index in [0.29, 0.717) is 6.54 Å². The minimum absolute atomic E-state index is 0.349. The first-order valence-electron chi connectivity index (χ1n) is 13.2. The molecule has 0 atom stereocenters. The summed E-state index contributed by atoms with van der Waals surface area (Å²) in [4.78, 5) is 2.55. The van der Waals surface area contributed by atoms with Crippen molar-refractivity contribution < 1.29 is 4.48 Å². The van der Waals surface area contributed by atoms with Crippen molar-refractivity contribution in [1.29, 1.82) is 0 Å². The first kappa shape index (κ1) is 30.1. The van der Waals surface area contributed by atoms with E-state index >= 15 is 0 Å². The number of nitrogens with one attached hydrogen (secondary N) is 1. The Kier molecular flexibility index (Phi) is 16.3. The lowest BCUT2D eigenvalue weighted by Crippen LogP contribution is -2.33. The smallest absolute Gasteiger partial charge is 0.0537 e. The van der Waals surface area contributed by atoms with Gasteiger partial charge in [-0.1, -0.05) is 70.0 Å². The highest BCUT2D eigenvalue weighted by molar-refractivity contribution is 5.44. The van der Waals surface area contributed by atoms with Crippen LogP contribution in [0.3, 0.4) is 0 Å². The first-order chi connectivity index (χ1) is 16.6. The average molecular weight is 473 g/mol. The lowest BCUT2D eigenvalue weighted by molar-refractivity contribution is 0.0506. The van der Waals surface area contributed by atoms with Gasteiger partial charge < -0.3 is 11.1 Å². The number of unbranched alkanes of at least 4 members (excludes halogenated alkanes) is 2. The molecule has 1 aliphatic heterocycles. The number of nitrogens with zero attached hydrogens (tertiary/aromatic N) is 2. The molecule has 1 heterocycles. The second kappa shape index (κ2) is 18.4. The van der Waals surface area contributed by atoms with Crippen LogP contribution in [0, 0.1) is 5.92 Å². The third kappa shape index (κ3) is 12.0. The number of halogens is 1. The quantitative estimate of drug-likeness (QED) is 0.283. The molecule has 1 fully saturated rings. The zero-order valence-electron chi connectivity index (χ0n) is 22.3. The highest BCUT2D eigenvalue weighted by atomic mass is 19.2. The SMILES string of the molecule is CC.CCCCCNc1ccc(CC2CCN(Cc3ccc(CN(C)F)cc3)CC2)cc1.CN. The minimum atomic E-state index is 0.349. The Morgan fingerprint density at radius 2 is 1.47 bits per heavy atom. The summed E-state index contributed by atoms with van der Waals surface area (Å²) in [6.07, 6.45) is 7.53. The molecule has 5 heteroatoms. The van der Waals surface area contributed by atoms with Crippen LogP contribution in [0.4, 0.5) is 10.2 Å². The molecule has 3 rings (SSSR count). The lowest BCUT2D eigenvalue weighted by atomic mass is 9.90. The maximum absolute atomic E-state index is 13.0. The molecule has 4 nitrogen and oxygen atoms in total. The molecule has 0 unspecified atom stereocenters. The van der Waals surface area contributed by atoms with Crippen molar-refractivity contribution in [2.24, 2.45) is 11.7 Å². The monoisotopic (exact) mass is 472 g/mol. The molecule has 1 saturated heterocycles. The van der Waals surface area contributed by atoms with Gasteiger partial charge in [0.25, 0.3) is 0 Å². The minimum Gasteiger partial charge on any atom is -0.385 e.